The van der Waals surface area contributed by atoms with E-state index in [1.165, 1.54) is 0 Å². The van der Waals surface area contributed by atoms with Gasteiger partial charge in [0.15, 0.2) is 0 Å². The van der Waals surface area contributed by atoms with Crippen molar-refractivity contribution in [3.63, 3.8) is 0 Å². The summed E-state index contributed by atoms with van der Waals surface area (Å²) in [6, 6.07) is 5.71. The van der Waals surface area contributed by atoms with Crippen molar-refractivity contribution in [2.75, 3.05) is 14.2 Å². The van der Waals surface area contributed by atoms with Crippen LogP contribution in [-0.4, -0.2) is 25.5 Å². The molecule has 1 saturated heterocycles. The van der Waals surface area contributed by atoms with Gasteiger partial charge in [0.2, 0.25) is 0 Å². The molecule has 2 rings (SSSR count). The van der Waals surface area contributed by atoms with Gasteiger partial charge in [0.1, 0.15) is 18.6 Å². The van der Waals surface area contributed by atoms with Gasteiger partial charge < -0.3 is 14.0 Å². The first-order chi connectivity index (χ1) is 9.61. The summed E-state index contributed by atoms with van der Waals surface area (Å²) < 4.78 is 24.5. The van der Waals surface area contributed by atoms with Gasteiger partial charge in [-0.15, -0.1) is 0 Å². The van der Waals surface area contributed by atoms with E-state index in [2.05, 4.69) is 13.8 Å². The summed E-state index contributed by atoms with van der Waals surface area (Å²) in [5.41, 5.74) is 0.601. The van der Waals surface area contributed by atoms with Gasteiger partial charge in [0.05, 0.1) is 19.5 Å². The molecule has 1 aliphatic rings. The van der Waals surface area contributed by atoms with Crippen molar-refractivity contribution in [1.29, 1.82) is 0 Å². The Kier molecular flexibility index (Phi) is 4.80. The van der Waals surface area contributed by atoms with Crippen molar-refractivity contribution in [2.45, 2.75) is 50.8 Å². The minimum atomic E-state index is -2.41. The molecule has 0 spiro atoms. The highest BCUT2D eigenvalue weighted by molar-refractivity contribution is 7.73. The van der Waals surface area contributed by atoms with Gasteiger partial charge in [-0.05, 0) is 37.8 Å². The number of hydrogen-bond acceptors (Lipinski definition) is 3. The molecular weight excluding hydrogens is 271 g/mol. The van der Waals surface area contributed by atoms with Crippen LogP contribution in [0.3, 0.4) is 0 Å². The van der Waals surface area contributed by atoms with E-state index < -0.39 is 7.14 Å². The van der Waals surface area contributed by atoms with E-state index in [0.717, 1.165) is 36.7 Å². The molecule has 1 aromatic rings. The molecule has 1 aromatic carbocycles. The first-order valence-corrected chi connectivity index (χ1v) is 9.28. The van der Waals surface area contributed by atoms with E-state index in [1.807, 2.05) is 18.2 Å². The third kappa shape index (κ3) is 2.37. The maximum absolute atomic E-state index is 13.8. The summed E-state index contributed by atoms with van der Waals surface area (Å²) in [5, 5.41) is 0.914. The molecule has 3 nitrogen and oxygen atoms in total. The molecular formula is C16H25O3P. The zero-order valence-corrected chi connectivity index (χ0v) is 13.8. The van der Waals surface area contributed by atoms with Gasteiger partial charge in [0.25, 0.3) is 0 Å². The molecule has 2 atom stereocenters. The molecule has 0 N–H and O–H groups in total. The molecule has 0 saturated carbocycles. The Labute approximate surface area is 122 Å². The second-order valence-electron chi connectivity index (χ2n) is 5.45. The van der Waals surface area contributed by atoms with Crippen LogP contribution in [0.1, 0.15) is 39.5 Å². The molecule has 2 unspecified atom stereocenters. The topological polar surface area (TPSA) is 35.5 Å². The molecule has 0 aromatic heterocycles. The fourth-order valence-corrected chi connectivity index (χ4v) is 7.83. The van der Waals surface area contributed by atoms with Crippen molar-refractivity contribution < 1.29 is 14.0 Å². The Hall–Kier alpha value is -0.950. The van der Waals surface area contributed by atoms with Gasteiger partial charge >= 0.3 is 0 Å². The number of benzene rings is 1. The van der Waals surface area contributed by atoms with E-state index >= 15 is 0 Å². The van der Waals surface area contributed by atoms with Gasteiger partial charge in [-0.3, -0.25) is 0 Å². The Morgan fingerprint density at radius 3 is 2.15 bits per heavy atom. The van der Waals surface area contributed by atoms with E-state index in [0.29, 0.717) is 17.1 Å². The van der Waals surface area contributed by atoms with Crippen molar-refractivity contribution in [3.05, 3.63) is 18.2 Å². The highest BCUT2D eigenvalue weighted by Crippen LogP contribution is 2.65. The summed E-state index contributed by atoms with van der Waals surface area (Å²) in [6.07, 6.45) is 4.09. The average molecular weight is 296 g/mol. The summed E-state index contributed by atoms with van der Waals surface area (Å²) in [7, 11) is 0.868. The van der Waals surface area contributed by atoms with Crippen LogP contribution >= 0.6 is 7.14 Å². The Morgan fingerprint density at radius 1 is 1.10 bits per heavy atom. The third-order valence-electron chi connectivity index (χ3n) is 4.62. The summed E-state index contributed by atoms with van der Waals surface area (Å²) in [5.74, 6) is 1.46. The lowest BCUT2D eigenvalue weighted by atomic mass is 10.1. The lowest BCUT2D eigenvalue weighted by Crippen LogP contribution is -2.20. The number of hydrogen-bond donors (Lipinski definition) is 0. The molecule has 1 heterocycles. The summed E-state index contributed by atoms with van der Waals surface area (Å²) in [4.78, 5) is 0. The van der Waals surface area contributed by atoms with E-state index in [1.54, 1.807) is 14.2 Å². The molecule has 0 aliphatic carbocycles. The summed E-state index contributed by atoms with van der Waals surface area (Å²) in [6.45, 7) is 4.29. The predicted molar refractivity (Wildman–Crippen MR) is 84.2 cm³/mol. The highest BCUT2D eigenvalue weighted by Gasteiger charge is 2.46. The van der Waals surface area contributed by atoms with Crippen molar-refractivity contribution in [3.8, 4) is 11.5 Å². The first kappa shape index (κ1) is 15.4. The largest absolute Gasteiger partial charge is 0.497 e. The molecule has 1 aliphatic heterocycles. The van der Waals surface area contributed by atoms with Crippen LogP contribution in [0.15, 0.2) is 18.2 Å². The van der Waals surface area contributed by atoms with Crippen LogP contribution in [0.2, 0.25) is 0 Å². The fourth-order valence-electron chi connectivity index (χ4n) is 3.48. The minimum Gasteiger partial charge on any atom is -0.497 e. The molecule has 4 heteroatoms. The zero-order valence-electron chi connectivity index (χ0n) is 12.9. The van der Waals surface area contributed by atoms with Crippen LogP contribution < -0.4 is 14.8 Å². The van der Waals surface area contributed by atoms with Gasteiger partial charge in [-0.25, -0.2) is 0 Å². The smallest absolute Gasteiger partial charge is 0.133 e. The maximum atomic E-state index is 13.8. The van der Waals surface area contributed by atoms with E-state index in [9.17, 15) is 4.57 Å². The van der Waals surface area contributed by atoms with Crippen LogP contribution in [0.4, 0.5) is 0 Å². The predicted octanol–water partition coefficient (Wildman–Crippen LogP) is 4.04. The Balaban J connectivity index is 2.54. The molecule has 112 valence electrons. The lowest BCUT2D eigenvalue weighted by Gasteiger charge is -2.27. The SMILES string of the molecule is CCC1CCC(CC)P1(=O)c1ccc(OC)cc1OC. The van der Waals surface area contributed by atoms with E-state index in [4.69, 9.17) is 9.47 Å². The average Bonchev–Trinajstić information content (AvgIpc) is 2.83. The molecule has 1 fully saturated rings. The molecule has 0 amide bonds. The fraction of sp³-hybridized carbons (Fsp3) is 0.625. The Morgan fingerprint density at radius 2 is 1.70 bits per heavy atom. The van der Waals surface area contributed by atoms with Gasteiger partial charge in [0, 0.05) is 17.4 Å². The lowest BCUT2D eigenvalue weighted by molar-refractivity contribution is 0.396. The first-order valence-electron chi connectivity index (χ1n) is 7.43. The molecule has 0 bridgehead atoms. The van der Waals surface area contributed by atoms with Crippen LogP contribution in [0.25, 0.3) is 0 Å². The van der Waals surface area contributed by atoms with Gasteiger partial charge in [-0.1, -0.05) is 13.8 Å². The number of ether oxygens (including phenoxy) is 2. The third-order valence-corrected chi connectivity index (χ3v) is 9.16. The monoisotopic (exact) mass is 296 g/mol. The molecule has 20 heavy (non-hydrogen) atoms. The second-order valence-corrected chi connectivity index (χ2v) is 8.81. The van der Waals surface area contributed by atoms with Crippen LogP contribution in [-0.2, 0) is 4.57 Å². The quantitative estimate of drug-likeness (QED) is 0.769. The standard InChI is InChI=1S/C16H25O3P/c1-5-13-8-9-14(6-2)20(13,17)16-10-7-12(18-3)11-15(16)19-4/h7,10-11,13-14H,5-6,8-9H2,1-4H3. The van der Waals surface area contributed by atoms with Crippen molar-refractivity contribution >= 4 is 12.4 Å². The minimum absolute atomic E-state index is 0.301. The number of methoxy groups -OCH3 is 2. The zero-order chi connectivity index (χ0) is 14.8. The van der Waals surface area contributed by atoms with Crippen molar-refractivity contribution in [1.82, 2.24) is 0 Å². The van der Waals surface area contributed by atoms with Gasteiger partial charge in [-0.2, -0.15) is 0 Å². The van der Waals surface area contributed by atoms with E-state index in [-0.39, 0.29) is 0 Å². The van der Waals surface area contributed by atoms with Crippen LogP contribution in [0, 0.1) is 0 Å². The van der Waals surface area contributed by atoms with Crippen LogP contribution in [0.5, 0.6) is 11.5 Å². The highest BCUT2D eigenvalue weighted by atomic mass is 31.2. The molecule has 0 radical (unpaired) electrons. The Bertz CT molecular complexity index is 496. The second kappa shape index (κ2) is 6.22. The maximum Gasteiger partial charge on any atom is 0.133 e. The summed E-state index contributed by atoms with van der Waals surface area (Å²) >= 11 is 0. The van der Waals surface area contributed by atoms with Crippen molar-refractivity contribution in [2.24, 2.45) is 0 Å². The normalized spacial score (nSPS) is 29.4. The number of rotatable bonds is 5.